The van der Waals surface area contributed by atoms with E-state index < -0.39 is 62.3 Å². The highest BCUT2D eigenvalue weighted by Crippen LogP contribution is 2.65. The van der Waals surface area contributed by atoms with Crippen LogP contribution in [0, 0.1) is 22.7 Å². The number of carbonyl (C=O) groups excluding carboxylic acids is 4. The number of amides is 3. The first-order valence-electron chi connectivity index (χ1n) is 13.0. The Morgan fingerprint density at radius 2 is 1.76 bits per heavy atom. The summed E-state index contributed by atoms with van der Waals surface area (Å²) in [6, 6.07) is -2.98. The molecule has 3 amide bonds. The van der Waals surface area contributed by atoms with Crippen molar-refractivity contribution in [2.45, 2.75) is 91.6 Å². The number of nitrogens with one attached hydrogen (secondary N) is 3. The SMILES string of the molecule is C=CCNC(=O)C(=O)C(CCC)NC(=O)[C@@H]1[C@@H]2[C@H](CN1C(=O)[C@@H](NS(=O)(=O)C(C)C)C(C)(C)C)C2(C)C. The topological polar surface area (TPSA) is 142 Å². The molecule has 1 heterocycles. The molecule has 1 unspecified atom stereocenters. The Bertz CT molecular complexity index is 1030. The molecule has 10 nitrogen and oxygen atoms in total. The van der Waals surface area contributed by atoms with Crippen LogP contribution in [0.5, 0.6) is 0 Å². The van der Waals surface area contributed by atoms with Crippen molar-refractivity contribution < 1.29 is 27.6 Å². The standard InChI is InChI=1S/C26H44N4O6S/c1-10-12-17(20(31)23(33)27-13-11-2)28-22(32)19-18-16(26(18,8)9)14-30(19)24(34)21(25(5,6)7)29-37(35,36)15(3)4/h11,15-19,21,29H,2,10,12-14H2,1,3-9H3,(H,27,33)(H,28,32)/t16-,17?,18-,19-,21+/m0/s1. The smallest absolute Gasteiger partial charge is 0.289 e. The summed E-state index contributed by atoms with van der Waals surface area (Å²) in [4.78, 5) is 54.0. The first kappa shape index (κ1) is 31.0. The van der Waals surface area contributed by atoms with E-state index in [1.807, 2.05) is 20.8 Å². The normalized spacial score (nSPS) is 24.1. The van der Waals surface area contributed by atoms with E-state index in [4.69, 9.17) is 0 Å². The maximum absolute atomic E-state index is 13.8. The van der Waals surface area contributed by atoms with Gasteiger partial charge in [0.05, 0.1) is 11.3 Å². The average Bonchev–Trinajstić information content (AvgIpc) is 3.12. The molecule has 11 heteroatoms. The van der Waals surface area contributed by atoms with Gasteiger partial charge in [-0.05, 0) is 42.9 Å². The molecule has 2 aliphatic rings. The maximum Gasteiger partial charge on any atom is 0.289 e. The summed E-state index contributed by atoms with van der Waals surface area (Å²) in [5, 5.41) is 4.45. The molecule has 5 atom stereocenters. The van der Waals surface area contributed by atoms with Crippen LogP contribution >= 0.6 is 0 Å². The summed E-state index contributed by atoms with van der Waals surface area (Å²) in [6.45, 7) is 18.2. The van der Waals surface area contributed by atoms with Gasteiger partial charge in [0, 0.05) is 13.1 Å². The summed E-state index contributed by atoms with van der Waals surface area (Å²) in [7, 11) is -3.77. The van der Waals surface area contributed by atoms with Gasteiger partial charge in [-0.3, -0.25) is 19.2 Å². The summed E-state index contributed by atoms with van der Waals surface area (Å²) >= 11 is 0. The van der Waals surface area contributed by atoms with E-state index in [-0.39, 0.29) is 30.2 Å². The molecule has 37 heavy (non-hydrogen) atoms. The fraction of sp³-hybridized carbons (Fsp3) is 0.769. The monoisotopic (exact) mass is 540 g/mol. The van der Waals surface area contributed by atoms with Gasteiger partial charge in [-0.2, -0.15) is 0 Å². The van der Waals surface area contributed by atoms with Gasteiger partial charge in [-0.15, -0.1) is 6.58 Å². The van der Waals surface area contributed by atoms with E-state index in [1.54, 1.807) is 20.8 Å². The number of likely N-dealkylation sites (tertiary alicyclic amines) is 1. The minimum atomic E-state index is -3.77. The second-order valence-corrected chi connectivity index (χ2v) is 14.4. The van der Waals surface area contributed by atoms with Crippen molar-refractivity contribution in [1.82, 2.24) is 20.3 Å². The zero-order valence-corrected chi connectivity index (χ0v) is 24.2. The van der Waals surface area contributed by atoms with Crippen molar-refractivity contribution in [2.24, 2.45) is 22.7 Å². The maximum atomic E-state index is 13.8. The fourth-order valence-electron chi connectivity index (χ4n) is 5.10. The lowest BCUT2D eigenvalue weighted by Gasteiger charge is -2.38. The highest BCUT2D eigenvalue weighted by molar-refractivity contribution is 7.90. The molecule has 1 aliphatic carbocycles. The number of ketones is 1. The van der Waals surface area contributed by atoms with Gasteiger partial charge < -0.3 is 15.5 Å². The predicted molar refractivity (Wildman–Crippen MR) is 142 cm³/mol. The second-order valence-electron chi connectivity index (χ2n) is 12.1. The van der Waals surface area contributed by atoms with Crippen LogP contribution in [0.15, 0.2) is 12.7 Å². The Morgan fingerprint density at radius 1 is 1.16 bits per heavy atom. The first-order chi connectivity index (χ1) is 16.9. The van der Waals surface area contributed by atoms with Gasteiger partial charge in [-0.1, -0.05) is 54.0 Å². The van der Waals surface area contributed by atoms with Crippen LogP contribution in [0.1, 0.15) is 68.2 Å². The van der Waals surface area contributed by atoms with E-state index in [9.17, 15) is 27.6 Å². The van der Waals surface area contributed by atoms with Crippen LogP contribution in [0.4, 0.5) is 0 Å². The Balaban J connectivity index is 2.35. The molecule has 0 radical (unpaired) electrons. The predicted octanol–water partition coefficient (Wildman–Crippen LogP) is 1.37. The summed E-state index contributed by atoms with van der Waals surface area (Å²) in [5.41, 5.74) is -0.939. The van der Waals surface area contributed by atoms with Crippen LogP contribution in [-0.2, 0) is 29.2 Å². The molecule has 0 aromatic heterocycles. The highest BCUT2D eigenvalue weighted by Gasteiger charge is 2.70. The molecule has 2 fully saturated rings. The third-order valence-electron chi connectivity index (χ3n) is 7.62. The molecule has 2 rings (SSSR count). The number of sulfonamides is 1. The zero-order valence-electron chi connectivity index (χ0n) is 23.4. The van der Waals surface area contributed by atoms with E-state index in [0.717, 1.165) is 0 Å². The Labute approximate surface area is 221 Å². The van der Waals surface area contributed by atoms with Gasteiger partial charge in [0.1, 0.15) is 12.1 Å². The van der Waals surface area contributed by atoms with Crippen LogP contribution in [-0.4, -0.2) is 73.3 Å². The Kier molecular flexibility index (Phi) is 9.39. The molecule has 0 spiro atoms. The van der Waals surface area contributed by atoms with Crippen molar-refractivity contribution in [3.8, 4) is 0 Å². The zero-order chi connectivity index (χ0) is 28.5. The van der Waals surface area contributed by atoms with E-state index >= 15 is 0 Å². The van der Waals surface area contributed by atoms with E-state index in [1.165, 1.54) is 24.8 Å². The molecule has 0 bridgehead atoms. The quantitative estimate of drug-likeness (QED) is 0.252. The van der Waals surface area contributed by atoms with Gasteiger partial charge in [-0.25, -0.2) is 13.1 Å². The number of piperidine rings is 1. The summed E-state index contributed by atoms with van der Waals surface area (Å²) in [5.74, 6) is -2.59. The first-order valence-corrected chi connectivity index (χ1v) is 14.5. The molecule has 0 aromatic carbocycles. The summed E-state index contributed by atoms with van der Waals surface area (Å²) in [6.07, 6.45) is 2.28. The number of hydrogen-bond donors (Lipinski definition) is 3. The third kappa shape index (κ3) is 6.60. The van der Waals surface area contributed by atoms with Gasteiger partial charge in [0.15, 0.2) is 0 Å². The minimum Gasteiger partial charge on any atom is -0.346 e. The molecule has 3 N–H and O–H groups in total. The second kappa shape index (κ2) is 11.2. The Morgan fingerprint density at radius 3 is 2.24 bits per heavy atom. The minimum absolute atomic E-state index is 0.0748. The number of nitrogens with zero attached hydrogens (tertiary/aromatic N) is 1. The van der Waals surface area contributed by atoms with Crippen molar-refractivity contribution >= 4 is 33.5 Å². The largest absolute Gasteiger partial charge is 0.346 e. The van der Waals surface area contributed by atoms with Crippen molar-refractivity contribution in [3.05, 3.63) is 12.7 Å². The van der Waals surface area contributed by atoms with Crippen LogP contribution < -0.4 is 15.4 Å². The molecule has 0 aromatic rings. The molecule has 1 saturated heterocycles. The van der Waals surface area contributed by atoms with Crippen LogP contribution in [0.3, 0.4) is 0 Å². The average molecular weight is 541 g/mol. The number of fused-ring (bicyclic) bond motifs is 1. The fourth-order valence-corrected chi connectivity index (χ4v) is 6.16. The highest BCUT2D eigenvalue weighted by atomic mass is 32.2. The molecular formula is C26H44N4O6S. The molecular weight excluding hydrogens is 496 g/mol. The summed E-state index contributed by atoms with van der Waals surface area (Å²) < 4.78 is 27.9. The van der Waals surface area contributed by atoms with Gasteiger partial charge in [0.2, 0.25) is 27.6 Å². The molecule has 210 valence electrons. The lowest BCUT2D eigenvalue weighted by atomic mass is 9.86. The number of Topliss-reactive ketones (excluding diaryl/α,β-unsaturated/α-hetero) is 1. The van der Waals surface area contributed by atoms with Gasteiger partial charge in [0.25, 0.3) is 5.91 Å². The van der Waals surface area contributed by atoms with Crippen molar-refractivity contribution in [1.29, 1.82) is 0 Å². The Hall–Kier alpha value is -2.27. The molecule has 1 saturated carbocycles. The van der Waals surface area contributed by atoms with Crippen LogP contribution in [0.2, 0.25) is 0 Å². The van der Waals surface area contributed by atoms with Gasteiger partial charge >= 0.3 is 0 Å². The van der Waals surface area contributed by atoms with Crippen LogP contribution in [0.25, 0.3) is 0 Å². The number of hydrogen-bond acceptors (Lipinski definition) is 6. The number of carbonyl (C=O) groups is 4. The lowest BCUT2D eigenvalue weighted by Crippen LogP contribution is -2.61. The lowest BCUT2D eigenvalue weighted by molar-refractivity contribution is -0.145. The van der Waals surface area contributed by atoms with E-state index in [2.05, 4.69) is 21.9 Å². The molecule has 1 aliphatic heterocycles. The van der Waals surface area contributed by atoms with Crippen molar-refractivity contribution in [3.63, 3.8) is 0 Å². The third-order valence-corrected chi connectivity index (χ3v) is 9.42. The number of rotatable bonds is 12. The van der Waals surface area contributed by atoms with E-state index in [0.29, 0.717) is 13.0 Å². The van der Waals surface area contributed by atoms with Crippen molar-refractivity contribution in [2.75, 3.05) is 13.1 Å².